The summed E-state index contributed by atoms with van der Waals surface area (Å²) in [6.07, 6.45) is 2.40. The predicted octanol–water partition coefficient (Wildman–Crippen LogP) is 5.32. The van der Waals surface area contributed by atoms with Gasteiger partial charge in [0, 0.05) is 23.8 Å². The van der Waals surface area contributed by atoms with Crippen molar-refractivity contribution in [3.63, 3.8) is 0 Å². The first-order valence-electron chi connectivity index (χ1n) is 9.25. The lowest BCUT2D eigenvalue weighted by molar-refractivity contribution is -0.0382. The lowest BCUT2D eigenvalue weighted by Gasteiger charge is -2.44. The number of nitrogens with one attached hydrogen (secondary N) is 1. The zero-order valence-electron chi connectivity index (χ0n) is 15.3. The van der Waals surface area contributed by atoms with E-state index in [0.29, 0.717) is 11.7 Å². The van der Waals surface area contributed by atoms with E-state index in [4.69, 9.17) is 4.74 Å². The van der Waals surface area contributed by atoms with Gasteiger partial charge in [0.15, 0.2) is 0 Å². The molecule has 2 aliphatic heterocycles. The molecular weight excluding hydrogens is 310 g/mol. The Kier molecular flexibility index (Phi) is 3.99. The second kappa shape index (κ2) is 6.06. The number of rotatable bonds is 1. The molecule has 0 aromatic heterocycles. The molecule has 2 aromatic carbocycles. The molecule has 0 saturated carbocycles. The zero-order valence-corrected chi connectivity index (χ0v) is 15.3. The molecule has 0 amide bonds. The van der Waals surface area contributed by atoms with E-state index in [-0.39, 0.29) is 17.6 Å². The molecule has 2 N–H and O–H groups in total. The van der Waals surface area contributed by atoms with Gasteiger partial charge in [-0.3, -0.25) is 0 Å². The Morgan fingerprint density at radius 1 is 1.08 bits per heavy atom. The van der Waals surface area contributed by atoms with E-state index in [1.54, 1.807) is 12.1 Å². The van der Waals surface area contributed by atoms with Crippen LogP contribution < -0.4 is 5.32 Å². The van der Waals surface area contributed by atoms with Crippen LogP contribution in [0.5, 0.6) is 5.75 Å². The number of phenols is 1. The lowest BCUT2D eigenvalue weighted by atomic mass is 9.76. The lowest BCUT2D eigenvalue weighted by Crippen LogP contribution is -2.36. The van der Waals surface area contributed by atoms with Crippen LogP contribution in [0.1, 0.15) is 62.4 Å². The Balaban J connectivity index is 1.76. The minimum atomic E-state index is 0.132. The number of anilines is 1. The van der Waals surface area contributed by atoms with Crippen molar-refractivity contribution in [2.24, 2.45) is 5.92 Å². The number of aromatic hydroxyl groups is 1. The first-order valence-corrected chi connectivity index (χ1v) is 9.25. The number of hydrogen-bond donors (Lipinski definition) is 2. The summed E-state index contributed by atoms with van der Waals surface area (Å²) in [5.41, 5.74) is 5.17. The minimum absolute atomic E-state index is 0.132. The Morgan fingerprint density at radius 3 is 2.56 bits per heavy atom. The highest BCUT2D eigenvalue weighted by atomic mass is 16.5. The smallest absolute Gasteiger partial charge is 0.115 e. The van der Waals surface area contributed by atoms with Crippen molar-refractivity contribution in [1.82, 2.24) is 0 Å². The third-order valence-electron chi connectivity index (χ3n) is 5.58. The van der Waals surface area contributed by atoms with Gasteiger partial charge in [0.05, 0.1) is 12.1 Å². The Morgan fingerprint density at radius 2 is 1.84 bits per heavy atom. The second-order valence-electron chi connectivity index (χ2n) is 8.36. The number of fused-ring (bicyclic) bond motifs is 3. The molecule has 0 spiro atoms. The molecule has 0 radical (unpaired) electrons. The quantitative estimate of drug-likeness (QED) is 0.739. The highest BCUT2D eigenvalue weighted by Crippen LogP contribution is 2.49. The molecule has 3 unspecified atom stereocenters. The number of hydrogen-bond acceptors (Lipinski definition) is 3. The number of benzene rings is 2. The third-order valence-corrected chi connectivity index (χ3v) is 5.58. The maximum absolute atomic E-state index is 9.61. The van der Waals surface area contributed by atoms with Gasteiger partial charge >= 0.3 is 0 Å². The minimum Gasteiger partial charge on any atom is -0.508 e. The summed E-state index contributed by atoms with van der Waals surface area (Å²) < 4.78 is 6.26. The van der Waals surface area contributed by atoms with E-state index in [0.717, 1.165) is 19.4 Å². The molecule has 3 heteroatoms. The highest BCUT2D eigenvalue weighted by molar-refractivity contribution is 5.59. The van der Waals surface area contributed by atoms with Crippen LogP contribution in [-0.2, 0) is 10.2 Å². The molecule has 3 atom stereocenters. The van der Waals surface area contributed by atoms with Crippen LogP contribution >= 0.6 is 0 Å². The second-order valence-corrected chi connectivity index (χ2v) is 8.36. The highest BCUT2D eigenvalue weighted by Gasteiger charge is 2.40. The molecule has 2 aliphatic rings. The third kappa shape index (κ3) is 3.02. The molecule has 0 bridgehead atoms. The van der Waals surface area contributed by atoms with Gasteiger partial charge < -0.3 is 15.2 Å². The van der Waals surface area contributed by atoms with Crippen LogP contribution in [0.3, 0.4) is 0 Å². The molecule has 1 saturated heterocycles. The Hall–Kier alpha value is -2.00. The standard InChI is InChI=1S/C22H27NO2/c1-22(2,3)15-8-11-19-18(13-15)21-17(5-4-12-25-21)20(23-19)14-6-9-16(24)10-7-14/h6-11,13,17,20-21,23-24H,4-5,12H2,1-3H3. The van der Waals surface area contributed by atoms with Gasteiger partial charge in [0.1, 0.15) is 5.75 Å². The molecular formula is C22H27NO2. The predicted molar refractivity (Wildman–Crippen MR) is 101 cm³/mol. The van der Waals surface area contributed by atoms with Gasteiger partial charge in [0.25, 0.3) is 0 Å². The average molecular weight is 337 g/mol. The Labute approximate surface area is 150 Å². The van der Waals surface area contributed by atoms with Crippen LogP contribution in [0.4, 0.5) is 5.69 Å². The van der Waals surface area contributed by atoms with Crippen LogP contribution in [0.2, 0.25) is 0 Å². The maximum atomic E-state index is 9.61. The van der Waals surface area contributed by atoms with Crippen molar-refractivity contribution in [1.29, 1.82) is 0 Å². The summed E-state index contributed by atoms with van der Waals surface area (Å²) in [5, 5.41) is 13.4. The topological polar surface area (TPSA) is 41.5 Å². The first-order chi connectivity index (χ1) is 11.9. The Bertz CT molecular complexity index is 761. The van der Waals surface area contributed by atoms with Crippen LogP contribution in [0, 0.1) is 5.92 Å². The monoisotopic (exact) mass is 337 g/mol. The van der Waals surface area contributed by atoms with E-state index in [2.05, 4.69) is 44.3 Å². The van der Waals surface area contributed by atoms with Crippen molar-refractivity contribution in [2.45, 2.75) is 51.2 Å². The van der Waals surface area contributed by atoms with E-state index < -0.39 is 0 Å². The van der Waals surface area contributed by atoms with Crippen LogP contribution in [0.15, 0.2) is 42.5 Å². The average Bonchev–Trinajstić information content (AvgIpc) is 2.60. The number of phenolic OH excluding ortho intramolecular Hbond substituents is 1. The van der Waals surface area contributed by atoms with Crippen LogP contribution in [-0.4, -0.2) is 11.7 Å². The normalized spacial score (nSPS) is 25.6. The van der Waals surface area contributed by atoms with E-state index in [1.165, 1.54) is 22.4 Å². The van der Waals surface area contributed by atoms with Gasteiger partial charge in [-0.15, -0.1) is 0 Å². The summed E-state index contributed by atoms with van der Waals surface area (Å²) in [6.45, 7) is 7.60. The molecule has 25 heavy (non-hydrogen) atoms. The molecule has 3 nitrogen and oxygen atoms in total. The summed E-state index contributed by atoms with van der Waals surface area (Å²) >= 11 is 0. The van der Waals surface area contributed by atoms with E-state index in [9.17, 15) is 5.11 Å². The van der Waals surface area contributed by atoms with Crippen LogP contribution in [0.25, 0.3) is 0 Å². The van der Waals surface area contributed by atoms with Crippen molar-refractivity contribution < 1.29 is 9.84 Å². The fourth-order valence-electron chi connectivity index (χ4n) is 4.15. The SMILES string of the molecule is CC(C)(C)c1ccc2c(c1)C1OCCCC1C(c1ccc(O)cc1)N2. The molecule has 132 valence electrons. The van der Waals surface area contributed by atoms with Crippen molar-refractivity contribution >= 4 is 5.69 Å². The molecule has 4 rings (SSSR count). The summed E-state index contributed by atoms with van der Waals surface area (Å²) in [5.74, 6) is 0.729. The molecule has 0 aliphatic carbocycles. The van der Waals surface area contributed by atoms with Crippen molar-refractivity contribution in [3.8, 4) is 5.75 Å². The first kappa shape index (κ1) is 16.5. The fraction of sp³-hybridized carbons (Fsp3) is 0.455. The molecule has 1 fully saturated rings. The van der Waals surface area contributed by atoms with Gasteiger partial charge in [-0.05, 0) is 47.6 Å². The molecule has 2 aromatic rings. The van der Waals surface area contributed by atoms with E-state index >= 15 is 0 Å². The van der Waals surface area contributed by atoms with Gasteiger partial charge in [-0.25, -0.2) is 0 Å². The van der Waals surface area contributed by atoms with E-state index in [1.807, 2.05) is 12.1 Å². The van der Waals surface area contributed by atoms with Gasteiger partial charge in [-0.2, -0.15) is 0 Å². The number of ether oxygens (including phenoxy) is 1. The maximum Gasteiger partial charge on any atom is 0.115 e. The summed E-state index contributed by atoms with van der Waals surface area (Å²) in [7, 11) is 0. The van der Waals surface area contributed by atoms with Crippen molar-refractivity contribution in [2.75, 3.05) is 11.9 Å². The fourth-order valence-corrected chi connectivity index (χ4v) is 4.15. The van der Waals surface area contributed by atoms with Gasteiger partial charge in [-0.1, -0.05) is 45.0 Å². The van der Waals surface area contributed by atoms with Crippen molar-refractivity contribution in [3.05, 3.63) is 59.2 Å². The molecule has 2 heterocycles. The summed E-state index contributed by atoms with van der Waals surface area (Å²) in [4.78, 5) is 0. The summed E-state index contributed by atoms with van der Waals surface area (Å²) in [6, 6.07) is 14.6. The zero-order chi connectivity index (χ0) is 17.6. The van der Waals surface area contributed by atoms with Gasteiger partial charge in [0.2, 0.25) is 0 Å². The largest absolute Gasteiger partial charge is 0.508 e.